The molecule has 0 bridgehead atoms. The summed E-state index contributed by atoms with van der Waals surface area (Å²) in [7, 11) is 3.86. The van der Waals surface area contributed by atoms with Crippen molar-refractivity contribution in [3.63, 3.8) is 0 Å². The number of aromatic nitrogens is 1. The number of likely N-dealkylation sites (N-methyl/N-ethyl adjacent to an activating group) is 1. The van der Waals surface area contributed by atoms with Crippen LogP contribution < -0.4 is 19.7 Å². The lowest BCUT2D eigenvalue weighted by molar-refractivity contribution is 0.288. The molecule has 0 atom stereocenters. The van der Waals surface area contributed by atoms with Gasteiger partial charge in [0.2, 0.25) is 0 Å². The Hall–Kier alpha value is -2.02. The van der Waals surface area contributed by atoms with Gasteiger partial charge in [0.25, 0.3) is 0 Å². The van der Waals surface area contributed by atoms with Gasteiger partial charge in [0.1, 0.15) is 5.82 Å². The van der Waals surface area contributed by atoms with Crippen LogP contribution in [0, 0.1) is 0 Å². The van der Waals surface area contributed by atoms with Crippen LogP contribution >= 0.6 is 12.4 Å². The molecule has 0 saturated carbocycles. The fraction of sp³-hybridized carbons (Fsp3) is 0.522. The Morgan fingerprint density at radius 1 is 1.07 bits per heavy atom. The number of hydrogen-bond acceptors (Lipinski definition) is 6. The molecule has 0 amide bonds. The zero-order valence-corrected chi connectivity index (χ0v) is 19.2. The average molecular weight is 435 g/mol. The van der Waals surface area contributed by atoms with Crippen molar-refractivity contribution in [1.29, 1.82) is 0 Å². The minimum atomic E-state index is 0. The van der Waals surface area contributed by atoms with Crippen LogP contribution in [0.15, 0.2) is 36.5 Å². The first-order valence-electron chi connectivity index (χ1n) is 10.6. The van der Waals surface area contributed by atoms with Crippen LogP contribution in [-0.2, 0) is 13.1 Å². The van der Waals surface area contributed by atoms with Crippen LogP contribution in [0.5, 0.6) is 11.5 Å². The number of piperazine rings is 1. The van der Waals surface area contributed by atoms with E-state index in [9.17, 15) is 0 Å². The van der Waals surface area contributed by atoms with E-state index in [1.165, 1.54) is 11.1 Å². The fourth-order valence-electron chi connectivity index (χ4n) is 3.48. The maximum atomic E-state index is 5.83. The molecule has 2 aromatic rings. The molecule has 1 aliphatic heterocycles. The summed E-state index contributed by atoms with van der Waals surface area (Å²) in [4.78, 5) is 9.41. The molecule has 2 heterocycles. The third kappa shape index (κ3) is 6.76. The van der Waals surface area contributed by atoms with Crippen LogP contribution in [-0.4, -0.2) is 56.8 Å². The van der Waals surface area contributed by atoms with Crippen molar-refractivity contribution in [3.8, 4) is 11.5 Å². The van der Waals surface area contributed by atoms with Crippen LogP contribution in [0.2, 0.25) is 0 Å². The van der Waals surface area contributed by atoms with E-state index in [2.05, 4.69) is 52.3 Å². The summed E-state index contributed by atoms with van der Waals surface area (Å²) in [5.41, 5.74) is 2.42. The summed E-state index contributed by atoms with van der Waals surface area (Å²) >= 11 is 0. The number of ether oxygens (including phenoxy) is 2. The summed E-state index contributed by atoms with van der Waals surface area (Å²) in [6.45, 7) is 8.64. The number of unbranched alkanes of at least 4 members (excludes halogenated alkanes) is 1. The monoisotopic (exact) mass is 434 g/mol. The predicted molar refractivity (Wildman–Crippen MR) is 125 cm³/mol. The topological polar surface area (TPSA) is 49.9 Å². The molecule has 3 rings (SSSR count). The van der Waals surface area contributed by atoms with Gasteiger partial charge in [-0.1, -0.05) is 25.5 Å². The van der Waals surface area contributed by atoms with Gasteiger partial charge in [-0.2, -0.15) is 0 Å². The maximum absolute atomic E-state index is 5.83. The number of methoxy groups -OCH3 is 1. The first kappa shape index (κ1) is 24.3. The highest BCUT2D eigenvalue weighted by Gasteiger charge is 2.17. The largest absolute Gasteiger partial charge is 0.493 e. The zero-order chi connectivity index (χ0) is 20.5. The summed E-state index contributed by atoms with van der Waals surface area (Å²) in [5, 5.41) is 3.56. The maximum Gasteiger partial charge on any atom is 0.161 e. The van der Waals surface area contributed by atoms with Crippen molar-refractivity contribution < 1.29 is 9.47 Å². The van der Waals surface area contributed by atoms with Crippen LogP contribution in [0.1, 0.15) is 30.9 Å². The van der Waals surface area contributed by atoms with Crippen molar-refractivity contribution >= 4 is 18.2 Å². The third-order valence-corrected chi connectivity index (χ3v) is 5.30. The summed E-state index contributed by atoms with van der Waals surface area (Å²) < 4.78 is 11.3. The van der Waals surface area contributed by atoms with Crippen LogP contribution in [0.4, 0.5) is 5.82 Å². The van der Waals surface area contributed by atoms with Crippen LogP contribution in [0.25, 0.3) is 0 Å². The SMILES string of the molecule is CCCCOc1ccc(CNCc2cccnc2N2CCN(C)CC2)cc1OC.Cl. The number of hydrogen-bond donors (Lipinski definition) is 1. The van der Waals surface area contributed by atoms with Crippen molar-refractivity contribution in [3.05, 3.63) is 47.7 Å². The molecule has 0 spiro atoms. The fourth-order valence-corrected chi connectivity index (χ4v) is 3.48. The first-order valence-corrected chi connectivity index (χ1v) is 10.6. The Morgan fingerprint density at radius 2 is 1.87 bits per heavy atom. The summed E-state index contributed by atoms with van der Waals surface area (Å²) in [6.07, 6.45) is 4.06. The number of nitrogens with zero attached hydrogens (tertiary/aromatic N) is 3. The van der Waals surface area contributed by atoms with Gasteiger partial charge in [-0.3, -0.25) is 0 Å². The molecule has 30 heavy (non-hydrogen) atoms. The molecule has 1 fully saturated rings. The van der Waals surface area contributed by atoms with E-state index in [0.717, 1.165) is 76.0 Å². The number of nitrogens with one attached hydrogen (secondary N) is 1. The lowest BCUT2D eigenvalue weighted by Gasteiger charge is -2.34. The number of anilines is 1. The molecule has 1 aromatic carbocycles. The van der Waals surface area contributed by atoms with Crippen molar-refractivity contribution in [2.75, 3.05) is 51.8 Å². The summed E-state index contributed by atoms with van der Waals surface area (Å²) in [5.74, 6) is 2.71. The standard InChI is InChI=1S/C23H34N4O2.ClH/c1-4-5-15-29-21-9-8-19(16-22(21)28-3)17-24-18-20-7-6-10-25-23(20)27-13-11-26(2)12-14-27;/h6-10,16,24H,4-5,11-15,17-18H2,1-3H3;1H. The molecule has 166 valence electrons. The molecular weight excluding hydrogens is 400 g/mol. The molecule has 0 radical (unpaired) electrons. The Bertz CT molecular complexity index is 767. The highest BCUT2D eigenvalue weighted by molar-refractivity contribution is 5.85. The Kier molecular flexibility index (Phi) is 10.2. The molecule has 6 nitrogen and oxygen atoms in total. The molecule has 1 aromatic heterocycles. The Labute approximate surface area is 187 Å². The van der Waals surface area contributed by atoms with Gasteiger partial charge < -0.3 is 24.6 Å². The van der Waals surface area contributed by atoms with Crippen molar-refractivity contribution in [2.24, 2.45) is 0 Å². The molecular formula is C23H35ClN4O2. The number of benzene rings is 1. The average Bonchev–Trinajstić information content (AvgIpc) is 2.75. The van der Waals surface area contributed by atoms with E-state index in [1.54, 1.807) is 7.11 Å². The summed E-state index contributed by atoms with van der Waals surface area (Å²) in [6, 6.07) is 10.3. The molecule has 0 unspecified atom stereocenters. The number of pyridine rings is 1. The number of rotatable bonds is 10. The molecule has 1 saturated heterocycles. The third-order valence-electron chi connectivity index (χ3n) is 5.30. The van der Waals surface area contributed by atoms with Gasteiger partial charge in [0.15, 0.2) is 11.5 Å². The van der Waals surface area contributed by atoms with E-state index < -0.39 is 0 Å². The molecule has 0 aliphatic carbocycles. The number of halogens is 1. The van der Waals surface area contributed by atoms with E-state index >= 15 is 0 Å². The van der Waals surface area contributed by atoms with Crippen molar-refractivity contribution in [2.45, 2.75) is 32.9 Å². The van der Waals surface area contributed by atoms with Gasteiger partial charge in [-0.25, -0.2) is 4.98 Å². The Balaban J connectivity index is 0.00000320. The quantitative estimate of drug-likeness (QED) is 0.575. The first-order chi connectivity index (χ1) is 14.2. The lowest BCUT2D eigenvalue weighted by Crippen LogP contribution is -2.45. The van der Waals surface area contributed by atoms with Gasteiger partial charge in [0.05, 0.1) is 13.7 Å². The molecule has 1 aliphatic rings. The zero-order valence-electron chi connectivity index (χ0n) is 18.4. The minimum Gasteiger partial charge on any atom is -0.493 e. The Morgan fingerprint density at radius 3 is 2.60 bits per heavy atom. The minimum absolute atomic E-state index is 0. The van der Waals surface area contributed by atoms with Gasteiger partial charge in [-0.05, 0) is 37.2 Å². The van der Waals surface area contributed by atoms with Gasteiger partial charge in [-0.15, -0.1) is 12.4 Å². The second-order valence-corrected chi connectivity index (χ2v) is 7.57. The second kappa shape index (κ2) is 12.6. The lowest BCUT2D eigenvalue weighted by atomic mass is 10.1. The van der Waals surface area contributed by atoms with Gasteiger partial charge >= 0.3 is 0 Å². The van der Waals surface area contributed by atoms with E-state index in [4.69, 9.17) is 9.47 Å². The van der Waals surface area contributed by atoms with Gasteiger partial charge in [0, 0.05) is 51.0 Å². The normalized spacial score (nSPS) is 14.3. The molecule has 7 heteroatoms. The van der Waals surface area contributed by atoms with E-state index in [-0.39, 0.29) is 12.4 Å². The molecule has 1 N–H and O–H groups in total. The van der Waals surface area contributed by atoms with E-state index in [1.807, 2.05) is 18.3 Å². The highest BCUT2D eigenvalue weighted by atomic mass is 35.5. The van der Waals surface area contributed by atoms with Crippen molar-refractivity contribution in [1.82, 2.24) is 15.2 Å². The van der Waals surface area contributed by atoms with E-state index in [0.29, 0.717) is 0 Å². The highest BCUT2D eigenvalue weighted by Crippen LogP contribution is 2.28. The predicted octanol–water partition coefficient (Wildman–Crippen LogP) is 3.73. The second-order valence-electron chi connectivity index (χ2n) is 7.57. The smallest absolute Gasteiger partial charge is 0.161 e. The van der Waals surface area contributed by atoms with Crippen LogP contribution in [0.3, 0.4) is 0 Å².